The first-order valence-electron chi connectivity index (χ1n) is 7.99. The third-order valence-corrected chi connectivity index (χ3v) is 5.67. The largest absolute Gasteiger partial charge is 0.493 e. The van der Waals surface area contributed by atoms with Gasteiger partial charge in [-0.15, -0.1) is 0 Å². The van der Waals surface area contributed by atoms with Crippen molar-refractivity contribution in [1.29, 1.82) is 0 Å². The average Bonchev–Trinajstić information content (AvgIpc) is 2.66. The summed E-state index contributed by atoms with van der Waals surface area (Å²) >= 11 is 5.84. The van der Waals surface area contributed by atoms with Gasteiger partial charge in [0.2, 0.25) is 0 Å². The molecule has 2 aromatic rings. The zero-order valence-electron chi connectivity index (χ0n) is 15.1. The Morgan fingerprint density at radius 2 is 1.67 bits per heavy atom. The maximum atomic E-state index is 13.1. The highest BCUT2D eigenvalue weighted by Gasteiger charge is 2.28. The lowest BCUT2D eigenvalue weighted by atomic mass is 10.2. The zero-order chi connectivity index (χ0) is 20.0. The number of halogens is 1. The smallest absolute Gasteiger partial charge is 0.326 e. The Balaban J connectivity index is 2.54. The molecule has 146 valence electrons. The van der Waals surface area contributed by atoms with Crippen molar-refractivity contribution in [3.8, 4) is 11.5 Å². The van der Waals surface area contributed by atoms with Crippen molar-refractivity contribution < 1.29 is 27.4 Å². The Labute approximate surface area is 163 Å². The fourth-order valence-corrected chi connectivity index (χ4v) is 3.88. The number of methoxy groups -OCH3 is 2. The Kier molecular flexibility index (Phi) is 6.92. The van der Waals surface area contributed by atoms with Crippen molar-refractivity contribution in [2.24, 2.45) is 0 Å². The molecule has 0 aliphatic heterocycles. The number of hydrogen-bond donors (Lipinski definition) is 0. The van der Waals surface area contributed by atoms with Crippen LogP contribution in [0.25, 0.3) is 0 Å². The maximum absolute atomic E-state index is 13.1. The molecule has 0 saturated carbocycles. The van der Waals surface area contributed by atoms with Crippen LogP contribution in [0.3, 0.4) is 0 Å². The van der Waals surface area contributed by atoms with Crippen molar-refractivity contribution in [3.63, 3.8) is 0 Å². The molecule has 0 spiro atoms. The molecule has 0 bridgehead atoms. The van der Waals surface area contributed by atoms with Crippen molar-refractivity contribution in [2.75, 3.05) is 31.7 Å². The minimum absolute atomic E-state index is 0.00835. The lowest BCUT2D eigenvalue weighted by Crippen LogP contribution is -2.36. The predicted octanol–water partition coefficient (Wildman–Crippen LogP) is 3.12. The third-order valence-electron chi connectivity index (χ3n) is 3.63. The highest BCUT2D eigenvalue weighted by molar-refractivity contribution is 7.92. The van der Waals surface area contributed by atoms with Crippen LogP contribution in [0.5, 0.6) is 11.5 Å². The Hall–Kier alpha value is -2.45. The fourth-order valence-electron chi connectivity index (χ4n) is 2.35. The van der Waals surface area contributed by atoms with E-state index in [2.05, 4.69) is 0 Å². The highest BCUT2D eigenvalue weighted by Crippen LogP contribution is 2.34. The van der Waals surface area contributed by atoms with Gasteiger partial charge >= 0.3 is 5.97 Å². The van der Waals surface area contributed by atoms with Crippen LogP contribution in [0.1, 0.15) is 6.92 Å². The summed E-state index contributed by atoms with van der Waals surface area (Å²) in [6.07, 6.45) is 0. The van der Waals surface area contributed by atoms with Gasteiger partial charge in [-0.2, -0.15) is 0 Å². The lowest BCUT2D eigenvalue weighted by molar-refractivity contribution is -0.141. The molecular formula is C18H20ClNO6S. The first kappa shape index (κ1) is 20.9. The van der Waals surface area contributed by atoms with Crippen LogP contribution in [-0.4, -0.2) is 41.8 Å². The van der Waals surface area contributed by atoms with E-state index in [9.17, 15) is 13.2 Å². The fraction of sp³-hybridized carbons (Fsp3) is 0.278. The number of ether oxygens (including phenoxy) is 3. The number of nitrogens with zero attached hydrogens (tertiary/aromatic N) is 1. The van der Waals surface area contributed by atoms with Crippen LogP contribution >= 0.6 is 11.6 Å². The number of hydrogen-bond acceptors (Lipinski definition) is 6. The molecule has 0 aliphatic carbocycles. The van der Waals surface area contributed by atoms with Crippen molar-refractivity contribution >= 4 is 33.3 Å². The number of carbonyl (C=O) groups is 1. The molecule has 0 amide bonds. The molecule has 0 radical (unpaired) electrons. The molecule has 0 aliphatic rings. The van der Waals surface area contributed by atoms with Gasteiger partial charge in [0.1, 0.15) is 6.54 Å². The van der Waals surface area contributed by atoms with Gasteiger partial charge in [-0.1, -0.05) is 11.6 Å². The number of benzene rings is 2. The predicted molar refractivity (Wildman–Crippen MR) is 102 cm³/mol. The molecule has 2 aromatic carbocycles. The number of esters is 1. The van der Waals surface area contributed by atoms with Gasteiger partial charge < -0.3 is 14.2 Å². The van der Waals surface area contributed by atoms with Crippen LogP contribution in [0.15, 0.2) is 47.4 Å². The zero-order valence-corrected chi connectivity index (χ0v) is 16.7. The van der Waals surface area contributed by atoms with Crippen LogP contribution < -0.4 is 13.8 Å². The standard InChI is InChI=1S/C18H20ClNO6S/c1-4-26-18(21)12-20(14-7-10-16(24-2)17(11-14)25-3)27(22,23)15-8-5-13(19)6-9-15/h5-11H,4,12H2,1-3H3. The molecule has 0 fully saturated rings. The first-order chi connectivity index (χ1) is 12.8. The molecule has 0 heterocycles. The van der Waals surface area contributed by atoms with E-state index < -0.39 is 22.5 Å². The Bertz CT molecular complexity index is 899. The molecule has 7 nitrogen and oxygen atoms in total. The molecule has 2 rings (SSSR count). The van der Waals surface area contributed by atoms with Crippen LogP contribution in [0.4, 0.5) is 5.69 Å². The van der Waals surface area contributed by atoms with Crippen LogP contribution in [0, 0.1) is 0 Å². The van der Waals surface area contributed by atoms with E-state index in [0.717, 1.165) is 4.31 Å². The molecular weight excluding hydrogens is 394 g/mol. The van der Waals surface area contributed by atoms with E-state index in [-0.39, 0.29) is 17.2 Å². The molecule has 0 unspecified atom stereocenters. The van der Waals surface area contributed by atoms with Gasteiger partial charge in [0.15, 0.2) is 11.5 Å². The summed E-state index contributed by atoms with van der Waals surface area (Å²) in [6, 6.07) is 10.2. The molecule has 0 atom stereocenters. The second-order valence-electron chi connectivity index (χ2n) is 5.31. The monoisotopic (exact) mass is 413 g/mol. The van der Waals surface area contributed by atoms with Gasteiger partial charge in [0.25, 0.3) is 10.0 Å². The number of anilines is 1. The summed E-state index contributed by atoms with van der Waals surface area (Å²) in [5.74, 6) is 0.0845. The van der Waals surface area contributed by atoms with Crippen molar-refractivity contribution in [3.05, 3.63) is 47.5 Å². The number of rotatable bonds is 8. The molecule has 9 heteroatoms. The average molecular weight is 414 g/mol. The third kappa shape index (κ3) is 4.84. The van der Waals surface area contributed by atoms with E-state index in [0.29, 0.717) is 16.5 Å². The number of sulfonamides is 1. The van der Waals surface area contributed by atoms with Crippen molar-refractivity contribution in [1.82, 2.24) is 0 Å². The van der Waals surface area contributed by atoms with Gasteiger partial charge in [-0.05, 0) is 43.3 Å². The Morgan fingerprint density at radius 1 is 1.04 bits per heavy atom. The molecule has 27 heavy (non-hydrogen) atoms. The summed E-state index contributed by atoms with van der Waals surface area (Å²) in [4.78, 5) is 12.0. The molecule has 0 aromatic heterocycles. The highest BCUT2D eigenvalue weighted by atomic mass is 35.5. The summed E-state index contributed by atoms with van der Waals surface area (Å²) in [6.45, 7) is 1.29. The van der Waals surface area contributed by atoms with Gasteiger partial charge in [-0.25, -0.2) is 8.42 Å². The van der Waals surface area contributed by atoms with Gasteiger partial charge in [0.05, 0.1) is 31.4 Å². The summed E-state index contributed by atoms with van der Waals surface area (Å²) < 4.78 is 42.6. The van der Waals surface area contributed by atoms with E-state index in [4.69, 9.17) is 25.8 Å². The van der Waals surface area contributed by atoms with E-state index in [1.807, 2.05) is 0 Å². The van der Waals surface area contributed by atoms with Crippen LogP contribution in [0.2, 0.25) is 5.02 Å². The topological polar surface area (TPSA) is 82.1 Å². The SMILES string of the molecule is CCOC(=O)CN(c1ccc(OC)c(OC)c1)S(=O)(=O)c1ccc(Cl)cc1. The second kappa shape index (κ2) is 8.96. The maximum Gasteiger partial charge on any atom is 0.326 e. The molecule has 0 saturated heterocycles. The van der Waals surface area contributed by atoms with Crippen LogP contribution in [-0.2, 0) is 19.6 Å². The quantitative estimate of drug-likeness (QED) is 0.618. The number of carbonyl (C=O) groups excluding carboxylic acids is 1. The van der Waals surface area contributed by atoms with E-state index in [1.165, 1.54) is 50.6 Å². The minimum atomic E-state index is -4.05. The first-order valence-corrected chi connectivity index (χ1v) is 9.81. The van der Waals surface area contributed by atoms with Crippen molar-refractivity contribution in [2.45, 2.75) is 11.8 Å². The summed E-state index contributed by atoms with van der Waals surface area (Å²) in [7, 11) is -1.15. The normalized spacial score (nSPS) is 11.0. The van der Waals surface area contributed by atoms with Gasteiger partial charge in [-0.3, -0.25) is 9.10 Å². The Morgan fingerprint density at radius 3 is 2.22 bits per heavy atom. The second-order valence-corrected chi connectivity index (χ2v) is 7.61. The molecule has 0 N–H and O–H groups in total. The summed E-state index contributed by atoms with van der Waals surface area (Å²) in [5, 5.41) is 0.400. The lowest BCUT2D eigenvalue weighted by Gasteiger charge is -2.24. The van der Waals surface area contributed by atoms with E-state index >= 15 is 0 Å². The van der Waals surface area contributed by atoms with Gasteiger partial charge in [0, 0.05) is 11.1 Å². The van der Waals surface area contributed by atoms with E-state index in [1.54, 1.807) is 13.0 Å². The summed E-state index contributed by atoms with van der Waals surface area (Å²) in [5.41, 5.74) is 0.232. The minimum Gasteiger partial charge on any atom is -0.493 e.